The van der Waals surface area contributed by atoms with E-state index >= 15 is 0 Å². The molecule has 82 valence electrons. The van der Waals surface area contributed by atoms with Crippen LogP contribution in [0.4, 0.5) is 17.5 Å². The van der Waals surface area contributed by atoms with Crippen LogP contribution in [0.5, 0.6) is 0 Å². The minimum atomic E-state index is 0.624. The van der Waals surface area contributed by atoms with E-state index in [2.05, 4.69) is 20.6 Å². The summed E-state index contributed by atoms with van der Waals surface area (Å²) in [6, 6.07) is 11.8. The van der Waals surface area contributed by atoms with Crippen LogP contribution in [0.1, 0.15) is 5.69 Å². The molecule has 0 radical (unpaired) electrons. The van der Waals surface area contributed by atoms with Crippen molar-refractivity contribution in [3.05, 3.63) is 42.1 Å². The van der Waals surface area contributed by atoms with Crippen LogP contribution >= 0.6 is 0 Å². The molecule has 1 aromatic heterocycles. The molecule has 2 N–H and O–H groups in total. The molecule has 4 heteroatoms. The Balaban J connectivity index is 2.24. The van der Waals surface area contributed by atoms with E-state index in [-0.39, 0.29) is 0 Å². The van der Waals surface area contributed by atoms with E-state index in [1.54, 1.807) is 7.05 Å². The highest BCUT2D eigenvalue weighted by atomic mass is 15.1. The lowest BCUT2D eigenvalue weighted by Crippen LogP contribution is -2.01. The van der Waals surface area contributed by atoms with Crippen LogP contribution in [0.2, 0.25) is 0 Å². The molecule has 0 aliphatic heterocycles. The fourth-order valence-electron chi connectivity index (χ4n) is 1.41. The standard InChI is InChI=1S/C12H14N4/c1-9-8-11(16-12(13-2)14-9)15-10-6-4-3-5-7-10/h3-8H,1-2H3,(H2,13,14,15,16). The van der Waals surface area contributed by atoms with E-state index in [0.717, 1.165) is 17.2 Å². The first-order chi connectivity index (χ1) is 7.78. The van der Waals surface area contributed by atoms with E-state index in [1.165, 1.54) is 0 Å². The Labute approximate surface area is 94.8 Å². The summed E-state index contributed by atoms with van der Waals surface area (Å²) in [4.78, 5) is 8.55. The fraction of sp³-hybridized carbons (Fsp3) is 0.167. The number of hydrogen-bond donors (Lipinski definition) is 2. The molecule has 2 rings (SSSR count). The Hall–Kier alpha value is -2.10. The number of anilines is 3. The molecule has 16 heavy (non-hydrogen) atoms. The summed E-state index contributed by atoms with van der Waals surface area (Å²) in [5, 5.41) is 6.16. The number of aromatic nitrogens is 2. The van der Waals surface area contributed by atoms with E-state index in [4.69, 9.17) is 0 Å². The average molecular weight is 214 g/mol. The van der Waals surface area contributed by atoms with E-state index in [9.17, 15) is 0 Å². The number of hydrogen-bond acceptors (Lipinski definition) is 4. The van der Waals surface area contributed by atoms with Gasteiger partial charge in [-0.25, -0.2) is 4.98 Å². The van der Waals surface area contributed by atoms with Crippen LogP contribution in [0.15, 0.2) is 36.4 Å². The van der Waals surface area contributed by atoms with Crippen LogP contribution < -0.4 is 10.6 Å². The lowest BCUT2D eigenvalue weighted by atomic mass is 10.3. The van der Waals surface area contributed by atoms with Gasteiger partial charge in [0.2, 0.25) is 5.95 Å². The van der Waals surface area contributed by atoms with Gasteiger partial charge < -0.3 is 10.6 Å². The normalized spacial score (nSPS) is 9.88. The first kappa shape index (κ1) is 10.4. The summed E-state index contributed by atoms with van der Waals surface area (Å²) < 4.78 is 0. The van der Waals surface area contributed by atoms with Gasteiger partial charge in [-0.05, 0) is 19.1 Å². The number of rotatable bonds is 3. The van der Waals surface area contributed by atoms with Crippen LogP contribution in [0.3, 0.4) is 0 Å². The summed E-state index contributed by atoms with van der Waals surface area (Å²) in [7, 11) is 1.81. The second-order valence-electron chi connectivity index (χ2n) is 3.46. The highest BCUT2D eigenvalue weighted by Crippen LogP contribution is 2.15. The Morgan fingerprint density at radius 2 is 1.81 bits per heavy atom. The molecule has 0 amide bonds. The van der Waals surface area contributed by atoms with E-state index in [0.29, 0.717) is 5.95 Å². The van der Waals surface area contributed by atoms with Gasteiger partial charge in [0.15, 0.2) is 0 Å². The van der Waals surface area contributed by atoms with Crippen LogP contribution in [-0.4, -0.2) is 17.0 Å². The molecule has 0 atom stereocenters. The number of para-hydroxylation sites is 1. The lowest BCUT2D eigenvalue weighted by Gasteiger charge is -2.07. The predicted octanol–water partition coefficient (Wildman–Crippen LogP) is 2.57. The Morgan fingerprint density at radius 1 is 1.06 bits per heavy atom. The van der Waals surface area contributed by atoms with Crippen molar-refractivity contribution in [3.8, 4) is 0 Å². The van der Waals surface area contributed by atoms with Crippen LogP contribution in [0, 0.1) is 6.92 Å². The summed E-state index contributed by atoms with van der Waals surface area (Å²) in [5.74, 6) is 1.42. The van der Waals surface area contributed by atoms with Gasteiger partial charge in [0.05, 0.1) is 0 Å². The first-order valence-electron chi connectivity index (χ1n) is 5.13. The highest BCUT2D eigenvalue weighted by molar-refractivity contribution is 5.57. The maximum absolute atomic E-state index is 4.31. The van der Waals surface area contributed by atoms with Gasteiger partial charge in [0, 0.05) is 24.5 Å². The van der Waals surface area contributed by atoms with E-state index in [1.807, 2.05) is 43.3 Å². The van der Waals surface area contributed by atoms with Crippen LogP contribution in [0.25, 0.3) is 0 Å². The minimum Gasteiger partial charge on any atom is -0.357 e. The summed E-state index contributed by atoms with van der Waals surface area (Å²) in [5.41, 5.74) is 1.94. The third kappa shape index (κ3) is 2.48. The summed E-state index contributed by atoms with van der Waals surface area (Å²) in [6.45, 7) is 1.94. The molecule has 0 unspecified atom stereocenters. The van der Waals surface area contributed by atoms with Gasteiger partial charge in [-0.2, -0.15) is 4.98 Å². The molecular weight excluding hydrogens is 200 g/mol. The van der Waals surface area contributed by atoms with Gasteiger partial charge in [0.25, 0.3) is 0 Å². The Bertz CT molecular complexity index is 468. The van der Waals surface area contributed by atoms with Crippen molar-refractivity contribution in [1.82, 2.24) is 9.97 Å². The molecule has 0 aliphatic rings. The van der Waals surface area contributed by atoms with Crippen molar-refractivity contribution in [1.29, 1.82) is 0 Å². The van der Waals surface area contributed by atoms with Gasteiger partial charge in [-0.3, -0.25) is 0 Å². The molecule has 0 aliphatic carbocycles. The molecule has 2 aromatic rings. The summed E-state index contributed by atoms with van der Waals surface area (Å²) in [6.07, 6.45) is 0. The van der Waals surface area contributed by atoms with Crippen molar-refractivity contribution in [2.45, 2.75) is 6.92 Å². The predicted molar refractivity (Wildman–Crippen MR) is 66.0 cm³/mol. The zero-order valence-electron chi connectivity index (χ0n) is 9.36. The second kappa shape index (κ2) is 4.61. The number of benzene rings is 1. The number of nitrogens with one attached hydrogen (secondary N) is 2. The first-order valence-corrected chi connectivity index (χ1v) is 5.13. The quantitative estimate of drug-likeness (QED) is 0.824. The molecule has 1 heterocycles. The molecule has 4 nitrogen and oxygen atoms in total. The average Bonchev–Trinajstić information content (AvgIpc) is 2.29. The number of aryl methyl sites for hydroxylation is 1. The smallest absolute Gasteiger partial charge is 0.224 e. The zero-order valence-corrected chi connectivity index (χ0v) is 9.36. The van der Waals surface area contributed by atoms with Crippen molar-refractivity contribution >= 4 is 17.5 Å². The maximum atomic E-state index is 4.31. The van der Waals surface area contributed by atoms with Gasteiger partial charge in [-0.15, -0.1) is 0 Å². The minimum absolute atomic E-state index is 0.624. The Kier molecular flexibility index (Phi) is 3.00. The van der Waals surface area contributed by atoms with Crippen molar-refractivity contribution in [3.63, 3.8) is 0 Å². The molecular formula is C12H14N4. The monoisotopic (exact) mass is 214 g/mol. The highest BCUT2D eigenvalue weighted by Gasteiger charge is 2.00. The second-order valence-corrected chi connectivity index (χ2v) is 3.46. The van der Waals surface area contributed by atoms with Gasteiger partial charge in [0.1, 0.15) is 5.82 Å². The molecule has 0 saturated carbocycles. The largest absolute Gasteiger partial charge is 0.357 e. The topological polar surface area (TPSA) is 49.8 Å². The Morgan fingerprint density at radius 3 is 2.50 bits per heavy atom. The third-order valence-corrected chi connectivity index (χ3v) is 2.12. The van der Waals surface area contributed by atoms with Crippen LogP contribution in [-0.2, 0) is 0 Å². The van der Waals surface area contributed by atoms with Crippen molar-refractivity contribution < 1.29 is 0 Å². The summed E-state index contributed by atoms with van der Waals surface area (Å²) >= 11 is 0. The van der Waals surface area contributed by atoms with Gasteiger partial charge >= 0.3 is 0 Å². The van der Waals surface area contributed by atoms with E-state index < -0.39 is 0 Å². The SMILES string of the molecule is CNc1nc(C)cc(Nc2ccccc2)n1. The van der Waals surface area contributed by atoms with Crippen molar-refractivity contribution in [2.75, 3.05) is 17.7 Å². The molecule has 1 aromatic carbocycles. The van der Waals surface area contributed by atoms with Gasteiger partial charge in [-0.1, -0.05) is 18.2 Å². The number of nitrogens with zero attached hydrogens (tertiary/aromatic N) is 2. The molecule has 0 saturated heterocycles. The molecule has 0 spiro atoms. The molecule has 0 bridgehead atoms. The fourth-order valence-corrected chi connectivity index (χ4v) is 1.41. The lowest BCUT2D eigenvalue weighted by molar-refractivity contribution is 1.10. The maximum Gasteiger partial charge on any atom is 0.224 e. The molecule has 0 fully saturated rings. The van der Waals surface area contributed by atoms with Crippen molar-refractivity contribution in [2.24, 2.45) is 0 Å². The third-order valence-electron chi connectivity index (χ3n) is 2.12. The zero-order chi connectivity index (χ0) is 11.4.